The van der Waals surface area contributed by atoms with Gasteiger partial charge >= 0.3 is 6.18 Å². The van der Waals surface area contributed by atoms with E-state index in [1.54, 1.807) is 12.1 Å². The highest BCUT2D eigenvalue weighted by Crippen LogP contribution is 2.47. The number of alkyl halides is 3. The number of ether oxygens (including phenoxy) is 1. The van der Waals surface area contributed by atoms with Crippen molar-refractivity contribution in [3.63, 3.8) is 0 Å². The summed E-state index contributed by atoms with van der Waals surface area (Å²) in [6, 6.07) is 11.3. The molecule has 2 amide bonds. The molecule has 0 aliphatic carbocycles. The fourth-order valence-electron chi connectivity index (χ4n) is 5.16. The van der Waals surface area contributed by atoms with E-state index >= 15 is 0 Å². The highest BCUT2D eigenvalue weighted by Gasteiger charge is 2.57. The van der Waals surface area contributed by atoms with E-state index in [9.17, 15) is 36.6 Å². The lowest BCUT2D eigenvalue weighted by molar-refractivity contribution is -0.265. The minimum absolute atomic E-state index is 0.0426. The monoisotopic (exact) mass is 665 g/mol. The molecule has 1 unspecified atom stereocenters. The summed E-state index contributed by atoms with van der Waals surface area (Å²) < 4.78 is 77.1. The van der Waals surface area contributed by atoms with E-state index in [2.05, 4.69) is 30.6 Å². The molecule has 5 aromatic rings. The number of fused-ring (bicyclic) bond motifs is 2. The maximum atomic E-state index is 14.8. The summed E-state index contributed by atoms with van der Waals surface area (Å²) in [7, 11) is 0. The van der Waals surface area contributed by atoms with Crippen LogP contribution in [-0.4, -0.2) is 56.2 Å². The molecule has 0 fully saturated rings. The highest BCUT2D eigenvalue weighted by molar-refractivity contribution is 6.02. The van der Waals surface area contributed by atoms with Gasteiger partial charge in [0.05, 0.1) is 35.8 Å². The van der Waals surface area contributed by atoms with Crippen LogP contribution < -0.4 is 21.1 Å². The van der Waals surface area contributed by atoms with Gasteiger partial charge in [0.2, 0.25) is 17.5 Å². The summed E-state index contributed by atoms with van der Waals surface area (Å²) in [5.41, 5.74) is -0.506. The van der Waals surface area contributed by atoms with Crippen LogP contribution in [0, 0.1) is 11.6 Å². The smallest absolute Gasteiger partial charge is 0.424 e. The van der Waals surface area contributed by atoms with Crippen LogP contribution in [0.4, 0.5) is 33.6 Å². The molecule has 5 N–H and O–H groups in total. The summed E-state index contributed by atoms with van der Waals surface area (Å²) in [5, 5.41) is 16.7. The van der Waals surface area contributed by atoms with Crippen LogP contribution in [0.1, 0.15) is 28.5 Å². The lowest BCUT2D eigenvalue weighted by Crippen LogP contribution is -2.51. The minimum Gasteiger partial charge on any atom is -0.489 e. The molecule has 3 aromatic heterocycles. The number of carbonyl (C=O) groups is 2. The zero-order chi connectivity index (χ0) is 34.4. The molecule has 4 heterocycles. The molecule has 11 nitrogen and oxygen atoms in total. The number of rotatable bonds is 8. The van der Waals surface area contributed by atoms with Gasteiger partial charge in [-0.05, 0) is 55.5 Å². The van der Waals surface area contributed by atoms with E-state index in [-0.39, 0.29) is 46.4 Å². The topological polar surface area (TPSA) is 165 Å². The van der Waals surface area contributed by atoms with Gasteiger partial charge in [0.25, 0.3) is 5.91 Å². The zero-order valence-corrected chi connectivity index (χ0v) is 24.8. The number of carbonyl (C=O) groups excluding carboxylic acids is 2. The summed E-state index contributed by atoms with van der Waals surface area (Å²) >= 11 is 0. The average Bonchev–Trinajstić information content (AvgIpc) is 3.41. The van der Waals surface area contributed by atoms with Crippen molar-refractivity contribution in [1.82, 2.24) is 25.3 Å². The number of nitrogens with two attached hydrogens (primary N) is 1. The third-order valence-electron chi connectivity index (χ3n) is 7.97. The van der Waals surface area contributed by atoms with Gasteiger partial charge in [0.15, 0.2) is 5.82 Å². The molecule has 0 spiro atoms. The number of primary amides is 1. The maximum Gasteiger partial charge on any atom is 0.424 e. The maximum absolute atomic E-state index is 14.8. The van der Waals surface area contributed by atoms with Gasteiger partial charge in [-0.3, -0.25) is 14.6 Å². The number of aromatic nitrogens is 4. The first-order valence-corrected chi connectivity index (χ1v) is 14.1. The summed E-state index contributed by atoms with van der Waals surface area (Å²) in [5.74, 6) is -3.35. The number of amides is 2. The molecule has 0 radical (unpaired) electrons. The Morgan fingerprint density at radius 2 is 1.73 bits per heavy atom. The highest BCUT2D eigenvalue weighted by atomic mass is 19.4. The van der Waals surface area contributed by atoms with Crippen LogP contribution in [0.5, 0.6) is 5.75 Å². The summed E-state index contributed by atoms with van der Waals surface area (Å²) in [6.07, 6.45) is -2.12. The Hall–Kier alpha value is -5.77. The zero-order valence-electron chi connectivity index (χ0n) is 24.8. The Bertz CT molecular complexity index is 2060. The SMILES string of the molecule is C[C@]1(C(N)=O)COc2c1cc(C(O)(CNC(=O)c1cc(Nc3ncc(F)cn3)c3ncccc3c1)C(F)(F)F)nc2-c1ccc(F)cc1. The molecule has 0 saturated heterocycles. The second kappa shape index (κ2) is 11.8. The molecule has 0 saturated carbocycles. The number of pyridine rings is 2. The number of anilines is 2. The quantitative estimate of drug-likeness (QED) is 0.176. The third kappa shape index (κ3) is 5.70. The van der Waals surface area contributed by atoms with Gasteiger partial charge in [-0.2, -0.15) is 13.2 Å². The van der Waals surface area contributed by atoms with E-state index in [1.807, 2.05) is 0 Å². The second-order valence-electron chi connectivity index (χ2n) is 11.2. The van der Waals surface area contributed by atoms with E-state index in [1.165, 1.54) is 37.4 Å². The Kier molecular flexibility index (Phi) is 7.91. The minimum atomic E-state index is -5.41. The molecular formula is C32H24F5N7O4. The Morgan fingerprint density at radius 3 is 2.40 bits per heavy atom. The van der Waals surface area contributed by atoms with Crippen molar-refractivity contribution in [2.45, 2.75) is 24.1 Å². The molecular weight excluding hydrogens is 641 g/mol. The number of aliphatic hydroxyl groups is 1. The number of halogens is 5. The van der Waals surface area contributed by atoms with Crippen LogP contribution >= 0.6 is 0 Å². The van der Waals surface area contributed by atoms with Crippen LogP contribution in [-0.2, 0) is 15.8 Å². The summed E-state index contributed by atoms with van der Waals surface area (Å²) in [4.78, 5) is 41.8. The Balaban J connectivity index is 1.39. The summed E-state index contributed by atoms with van der Waals surface area (Å²) in [6.45, 7) is -0.369. The van der Waals surface area contributed by atoms with Crippen molar-refractivity contribution in [3.05, 3.63) is 102 Å². The predicted molar refractivity (Wildman–Crippen MR) is 161 cm³/mol. The van der Waals surface area contributed by atoms with E-state index in [4.69, 9.17) is 10.5 Å². The molecule has 48 heavy (non-hydrogen) atoms. The van der Waals surface area contributed by atoms with E-state index in [0.29, 0.717) is 10.9 Å². The van der Waals surface area contributed by atoms with Gasteiger partial charge in [-0.15, -0.1) is 0 Å². The van der Waals surface area contributed by atoms with Crippen LogP contribution in [0.2, 0.25) is 0 Å². The van der Waals surface area contributed by atoms with Crippen molar-refractivity contribution in [1.29, 1.82) is 0 Å². The Morgan fingerprint density at radius 1 is 1.02 bits per heavy atom. The lowest BCUT2D eigenvalue weighted by atomic mass is 9.81. The first kappa shape index (κ1) is 32.2. The largest absolute Gasteiger partial charge is 0.489 e. The van der Waals surface area contributed by atoms with Gasteiger partial charge in [0.1, 0.15) is 29.3 Å². The lowest BCUT2D eigenvalue weighted by Gasteiger charge is -2.31. The molecule has 6 rings (SSSR count). The number of hydrogen-bond donors (Lipinski definition) is 4. The van der Waals surface area contributed by atoms with Crippen molar-refractivity contribution in [3.8, 4) is 17.0 Å². The molecule has 2 aromatic carbocycles. The first-order chi connectivity index (χ1) is 22.7. The van der Waals surface area contributed by atoms with Gasteiger partial charge in [-0.25, -0.2) is 23.7 Å². The van der Waals surface area contributed by atoms with Crippen molar-refractivity contribution >= 4 is 34.4 Å². The van der Waals surface area contributed by atoms with Crippen LogP contribution in [0.25, 0.3) is 22.2 Å². The number of nitrogens with zero attached hydrogens (tertiary/aromatic N) is 4. The van der Waals surface area contributed by atoms with Crippen molar-refractivity contribution in [2.24, 2.45) is 5.73 Å². The molecule has 16 heteroatoms. The standard InChI is InChI=1S/C32H24F5N7O4/c1-30(28(38)46)15-48-26-21(30)11-23(44-25(26)16-4-6-19(33)7-5-16)31(47,32(35,36)37)14-42-27(45)18-9-17-3-2-8-39-24(17)22(10-18)43-29-40-12-20(34)13-41-29/h2-13,47H,14-15H2,1H3,(H2,38,46)(H,42,45)(H,40,41,43)/t30-,31?/m0/s1. The molecule has 0 bridgehead atoms. The number of benzene rings is 2. The molecule has 2 atom stereocenters. The second-order valence-corrected chi connectivity index (χ2v) is 11.2. The van der Waals surface area contributed by atoms with Crippen LogP contribution in [0.15, 0.2) is 73.2 Å². The number of nitrogens with one attached hydrogen (secondary N) is 2. The molecule has 246 valence electrons. The molecule has 1 aliphatic heterocycles. The van der Waals surface area contributed by atoms with Crippen LogP contribution in [0.3, 0.4) is 0 Å². The van der Waals surface area contributed by atoms with Gasteiger partial charge < -0.3 is 26.2 Å². The van der Waals surface area contributed by atoms with E-state index in [0.717, 1.165) is 30.6 Å². The predicted octanol–water partition coefficient (Wildman–Crippen LogP) is 4.42. The first-order valence-electron chi connectivity index (χ1n) is 14.1. The molecule has 1 aliphatic rings. The van der Waals surface area contributed by atoms with E-state index < -0.39 is 52.9 Å². The van der Waals surface area contributed by atoms with Gasteiger partial charge in [-0.1, -0.05) is 6.07 Å². The Labute approximate surface area is 268 Å². The fourth-order valence-corrected chi connectivity index (χ4v) is 5.16. The fraction of sp³-hybridized carbons (Fsp3) is 0.188. The number of hydrogen-bond acceptors (Lipinski definition) is 9. The average molecular weight is 666 g/mol. The normalized spacial score (nSPS) is 16.9. The third-order valence-corrected chi connectivity index (χ3v) is 7.97. The van der Waals surface area contributed by atoms with Gasteiger partial charge in [0, 0.05) is 28.3 Å². The van der Waals surface area contributed by atoms with Crippen molar-refractivity contribution in [2.75, 3.05) is 18.5 Å². The van der Waals surface area contributed by atoms with Crippen molar-refractivity contribution < 1.29 is 41.4 Å².